The monoisotopic (exact) mass is 484 g/mol. The number of hydrogen-bond donors (Lipinski definition) is 2. The van der Waals surface area contributed by atoms with Gasteiger partial charge in [0.25, 0.3) is 6.43 Å². The van der Waals surface area contributed by atoms with Gasteiger partial charge in [-0.1, -0.05) is 12.1 Å². The molecule has 2 rings (SSSR count). The SMILES string of the molecule is I.NC(=NCc1cccc(OCC(F)F)c1)NCCCN1CCOCC1. The molecule has 9 heteroatoms. The van der Waals surface area contributed by atoms with Crippen LogP contribution in [0, 0.1) is 0 Å². The van der Waals surface area contributed by atoms with Crippen molar-refractivity contribution >= 4 is 29.9 Å². The molecule has 6 nitrogen and oxygen atoms in total. The first kappa shape index (κ1) is 22.8. The molecule has 1 aliphatic rings. The summed E-state index contributed by atoms with van der Waals surface area (Å²) < 4.78 is 34.6. The van der Waals surface area contributed by atoms with E-state index in [1.165, 1.54) is 0 Å². The summed E-state index contributed by atoms with van der Waals surface area (Å²) in [7, 11) is 0. The Bertz CT molecular complexity index is 543. The van der Waals surface area contributed by atoms with E-state index in [2.05, 4.69) is 15.2 Å². The van der Waals surface area contributed by atoms with Crippen LogP contribution in [0.4, 0.5) is 8.78 Å². The fourth-order valence-electron chi connectivity index (χ4n) is 2.47. The first-order valence-electron chi connectivity index (χ1n) is 8.47. The Morgan fingerprint density at radius 2 is 2.12 bits per heavy atom. The fraction of sp³-hybridized carbons (Fsp3) is 0.588. The molecule has 1 heterocycles. The second-order valence-electron chi connectivity index (χ2n) is 5.79. The third-order valence-corrected chi connectivity index (χ3v) is 3.77. The molecule has 1 saturated heterocycles. The molecule has 0 spiro atoms. The van der Waals surface area contributed by atoms with E-state index < -0.39 is 13.0 Å². The lowest BCUT2D eigenvalue weighted by Gasteiger charge is -2.26. The van der Waals surface area contributed by atoms with Crippen LogP contribution in [0.1, 0.15) is 12.0 Å². The van der Waals surface area contributed by atoms with Gasteiger partial charge in [-0.05, 0) is 30.7 Å². The highest BCUT2D eigenvalue weighted by atomic mass is 127. The van der Waals surface area contributed by atoms with E-state index in [4.69, 9.17) is 15.2 Å². The van der Waals surface area contributed by atoms with Crippen LogP contribution >= 0.6 is 24.0 Å². The molecule has 1 aliphatic heterocycles. The number of hydrogen-bond acceptors (Lipinski definition) is 4. The number of nitrogens with zero attached hydrogens (tertiary/aromatic N) is 2. The zero-order valence-electron chi connectivity index (χ0n) is 14.7. The van der Waals surface area contributed by atoms with Gasteiger partial charge in [0, 0.05) is 19.6 Å². The van der Waals surface area contributed by atoms with Crippen molar-refractivity contribution < 1.29 is 18.3 Å². The average Bonchev–Trinajstić information content (AvgIpc) is 2.63. The van der Waals surface area contributed by atoms with Crippen LogP contribution in [0.3, 0.4) is 0 Å². The Hall–Kier alpha value is -1.20. The first-order valence-corrected chi connectivity index (χ1v) is 8.47. The summed E-state index contributed by atoms with van der Waals surface area (Å²) in [6, 6.07) is 6.93. The van der Waals surface area contributed by atoms with Crippen molar-refractivity contribution in [2.24, 2.45) is 10.7 Å². The maximum absolute atomic E-state index is 12.2. The lowest BCUT2D eigenvalue weighted by Crippen LogP contribution is -2.39. The highest BCUT2D eigenvalue weighted by Crippen LogP contribution is 2.14. The smallest absolute Gasteiger partial charge is 0.272 e. The topological polar surface area (TPSA) is 72.1 Å². The van der Waals surface area contributed by atoms with Crippen LogP contribution in [0.2, 0.25) is 0 Å². The molecule has 0 amide bonds. The van der Waals surface area contributed by atoms with Gasteiger partial charge in [-0.15, -0.1) is 24.0 Å². The lowest BCUT2D eigenvalue weighted by molar-refractivity contribution is 0.0376. The van der Waals surface area contributed by atoms with Crippen LogP contribution in [-0.2, 0) is 11.3 Å². The van der Waals surface area contributed by atoms with Gasteiger partial charge in [-0.25, -0.2) is 13.8 Å². The third kappa shape index (κ3) is 9.48. The van der Waals surface area contributed by atoms with Gasteiger partial charge in [0.05, 0.1) is 19.8 Å². The zero-order valence-corrected chi connectivity index (χ0v) is 17.0. The van der Waals surface area contributed by atoms with E-state index in [1.54, 1.807) is 18.2 Å². The normalized spacial score (nSPS) is 15.6. The largest absolute Gasteiger partial charge is 0.488 e. The van der Waals surface area contributed by atoms with Gasteiger partial charge in [-0.2, -0.15) is 0 Å². The summed E-state index contributed by atoms with van der Waals surface area (Å²) in [5, 5.41) is 3.09. The molecule has 26 heavy (non-hydrogen) atoms. The molecule has 1 fully saturated rings. The number of guanidine groups is 1. The minimum atomic E-state index is -2.49. The van der Waals surface area contributed by atoms with Crippen LogP contribution < -0.4 is 15.8 Å². The van der Waals surface area contributed by atoms with Crippen molar-refractivity contribution in [2.75, 3.05) is 46.0 Å². The summed E-state index contributed by atoms with van der Waals surface area (Å²) in [5.74, 6) is 0.783. The number of alkyl halides is 2. The van der Waals surface area contributed by atoms with Crippen molar-refractivity contribution in [1.29, 1.82) is 0 Å². The minimum absolute atomic E-state index is 0. The van der Waals surface area contributed by atoms with Crippen molar-refractivity contribution in [1.82, 2.24) is 10.2 Å². The van der Waals surface area contributed by atoms with Crippen LogP contribution in [-0.4, -0.2) is 63.3 Å². The predicted molar refractivity (Wildman–Crippen MR) is 109 cm³/mol. The van der Waals surface area contributed by atoms with Gasteiger partial charge in [0.1, 0.15) is 12.4 Å². The number of ether oxygens (including phenoxy) is 2. The van der Waals surface area contributed by atoms with Gasteiger partial charge in [0.15, 0.2) is 5.96 Å². The van der Waals surface area contributed by atoms with Crippen LogP contribution in [0.15, 0.2) is 29.3 Å². The molecule has 3 N–H and O–H groups in total. The Labute approximate surface area is 170 Å². The highest BCUT2D eigenvalue weighted by Gasteiger charge is 2.09. The Morgan fingerprint density at radius 3 is 2.85 bits per heavy atom. The summed E-state index contributed by atoms with van der Waals surface area (Å²) in [5.41, 5.74) is 6.70. The number of nitrogens with two attached hydrogens (primary N) is 1. The summed E-state index contributed by atoms with van der Waals surface area (Å²) in [4.78, 5) is 6.63. The lowest BCUT2D eigenvalue weighted by atomic mass is 10.2. The van der Waals surface area contributed by atoms with Crippen molar-refractivity contribution in [3.63, 3.8) is 0 Å². The van der Waals surface area contributed by atoms with Crippen molar-refractivity contribution in [2.45, 2.75) is 19.4 Å². The molecule has 0 bridgehead atoms. The highest BCUT2D eigenvalue weighted by molar-refractivity contribution is 14.0. The second kappa shape index (κ2) is 13.0. The van der Waals surface area contributed by atoms with E-state index in [0.717, 1.165) is 51.4 Å². The molecule has 0 atom stereocenters. The molecular formula is C17H27F2IN4O2. The fourth-order valence-corrected chi connectivity index (χ4v) is 2.47. The standard InChI is InChI=1S/C17H26F2N4O2.HI/c18-16(19)13-25-15-4-1-3-14(11-15)12-22-17(20)21-5-2-6-23-7-9-24-10-8-23;/h1,3-4,11,16H,2,5-10,12-13H2,(H3,20,21,22);1H. The molecule has 0 unspecified atom stereocenters. The quantitative estimate of drug-likeness (QED) is 0.243. The summed E-state index contributed by atoms with van der Waals surface area (Å²) >= 11 is 0. The van der Waals surface area contributed by atoms with E-state index in [1.807, 2.05) is 6.07 Å². The number of benzene rings is 1. The molecule has 0 saturated carbocycles. The van der Waals surface area contributed by atoms with Gasteiger partial charge in [0.2, 0.25) is 0 Å². The van der Waals surface area contributed by atoms with Crippen LogP contribution in [0.5, 0.6) is 5.75 Å². The molecule has 148 valence electrons. The average molecular weight is 484 g/mol. The molecule has 0 radical (unpaired) electrons. The molecule has 1 aromatic carbocycles. The number of nitrogens with one attached hydrogen (secondary N) is 1. The maximum Gasteiger partial charge on any atom is 0.272 e. The van der Waals surface area contributed by atoms with E-state index >= 15 is 0 Å². The summed E-state index contributed by atoms with van der Waals surface area (Å²) in [6.07, 6.45) is -1.51. The molecule has 1 aromatic rings. The predicted octanol–water partition coefficient (Wildman–Crippen LogP) is 2.08. The van der Waals surface area contributed by atoms with E-state index in [-0.39, 0.29) is 24.0 Å². The van der Waals surface area contributed by atoms with Gasteiger partial charge >= 0.3 is 0 Å². The van der Waals surface area contributed by atoms with E-state index in [0.29, 0.717) is 18.3 Å². The summed E-state index contributed by atoms with van der Waals surface area (Å²) in [6.45, 7) is 5.08. The number of aliphatic imine (C=N–C) groups is 1. The van der Waals surface area contributed by atoms with Gasteiger partial charge in [-0.3, -0.25) is 4.90 Å². The van der Waals surface area contributed by atoms with Crippen molar-refractivity contribution in [3.05, 3.63) is 29.8 Å². The first-order chi connectivity index (χ1) is 12.1. The van der Waals surface area contributed by atoms with Gasteiger partial charge < -0.3 is 20.5 Å². The number of morpholine rings is 1. The number of rotatable bonds is 9. The third-order valence-electron chi connectivity index (χ3n) is 3.77. The second-order valence-corrected chi connectivity index (χ2v) is 5.79. The maximum atomic E-state index is 12.2. The Balaban J connectivity index is 0.00000338. The number of halogens is 3. The minimum Gasteiger partial charge on any atom is -0.488 e. The molecule has 0 aromatic heterocycles. The zero-order chi connectivity index (χ0) is 17.9. The van der Waals surface area contributed by atoms with Crippen molar-refractivity contribution in [3.8, 4) is 5.75 Å². The molecular weight excluding hydrogens is 457 g/mol. The van der Waals surface area contributed by atoms with E-state index in [9.17, 15) is 8.78 Å². The Morgan fingerprint density at radius 1 is 1.35 bits per heavy atom. The van der Waals surface area contributed by atoms with Crippen LogP contribution in [0.25, 0.3) is 0 Å². The Kier molecular flexibility index (Phi) is 11.5. The molecule has 0 aliphatic carbocycles.